The third-order valence-corrected chi connectivity index (χ3v) is 3.36. The van der Waals surface area contributed by atoms with Crippen molar-refractivity contribution in [3.05, 3.63) is 29.8 Å². The monoisotopic (exact) mass is 268 g/mol. The molecule has 1 heterocycles. The van der Waals surface area contributed by atoms with Gasteiger partial charge in [0.2, 0.25) is 0 Å². The van der Waals surface area contributed by atoms with E-state index in [9.17, 15) is 4.39 Å². The summed E-state index contributed by atoms with van der Waals surface area (Å²) in [6.07, 6.45) is 1.02. The third kappa shape index (κ3) is 2.37. The lowest BCUT2D eigenvalue weighted by Crippen LogP contribution is -2.10. The molecule has 0 aliphatic heterocycles. The molecular weight excluding hydrogens is 251 g/mol. The predicted molar refractivity (Wildman–Crippen MR) is 73.4 cm³/mol. The Hall–Kier alpha value is -1.09. The van der Waals surface area contributed by atoms with Crippen molar-refractivity contribution in [3.8, 4) is 0 Å². The van der Waals surface area contributed by atoms with Crippen LogP contribution in [0.15, 0.2) is 18.2 Å². The molecule has 0 fully saturated rings. The van der Waals surface area contributed by atoms with Gasteiger partial charge < -0.3 is 4.57 Å². The van der Waals surface area contributed by atoms with E-state index in [1.807, 2.05) is 6.07 Å². The van der Waals surface area contributed by atoms with Crippen LogP contribution >= 0.6 is 11.6 Å². The van der Waals surface area contributed by atoms with Crippen LogP contribution in [0.5, 0.6) is 0 Å². The van der Waals surface area contributed by atoms with Crippen LogP contribution in [0.4, 0.5) is 4.39 Å². The van der Waals surface area contributed by atoms with E-state index in [4.69, 9.17) is 11.6 Å². The van der Waals surface area contributed by atoms with E-state index >= 15 is 0 Å². The Kier molecular flexibility index (Phi) is 3.91. The summed E-state index contributed by atoms with van der Waals surface area (Å²) >= 11 is 5.93. The minimum absolute atomic E-state index is 0.269. The molecule has 1 atom stereocenters. The second-order valence-electron chi connectivity index (χ2n) is 5.12. The van der Waals surface area contributed by atoms with Gasteiger partial charge in [0.15, 0.2) is 5.82 Å². The summed E-state index contributed by atoms with van der Waals surface area (Å²) in [6.45, 7) is 6.48. The first-order valence-electron chi connectivity index (χ1n) is 6.25. The van der Waals surface area contributed by atoms with Gasteiger partial charge in [0.25, 0.3) is 0 Å². The smallest absolute Gasteiger partial charge is 0.151 e. The molecule has 2 nitrogen and oxygen atoms in total. The molecule has 1 aromatic heterocycles. The first-order valence-corrected chi connectivity index (χ1v) is 6.79. The lowest BCUT2D eigenvalue weighted by Gasteiger charge is -2.18. The highest BCUT2D eigenvalue weighted by atomic mass is 35.5. The predicted octanol–water partition coefficient (Wildman–Crippen LogP) is 4.52. The first kappa shape index (κ1) is 13.3. The molecule has 0 spiro atoms. The average molecular weight is 269 g/mol. The molecule has 0 radical (unpaired) electrons. The normalized spacial score (nSPS) is 13.4. The summed E-state index contributed by atoms with van der Waals surface area (Å²) in [6, 6.07) is 5.32. The number of rotatable bonds is 4. The van der Waals surface area contributed by atoms with Crippen molar-refractivity contribution < 1.29 is 4.39 Å². The van der Waals surface area contributed by atoms with Crippen molar-refractivity contribution in [2.75, 3.05) is 0 Å². The Morgan fingerprint density at radius 2 is 2.06 bits per heavy atom. The van der Waals surface area contributed by atoms with Gasteiger partial charge in [0.05, 0.1) is 11.4 Å². The van der Waals surface area contributed by atoms with Gasteiger partial charge in [-0.25, -0.2) is 9.37 Å². The molecule has 0 amide bonds. The van der Waals surface area contributed by atoms with E-state index in [0.717, 1.165) is 17.8 Å². The lowest BCUT2D eigenvalue weighted by atomic mass is 10.0. The molecule has 2 aromatic rings. The molecular formula is C14H18ClFN2. The first-order chi connectivity index (χ1) is 8.54. The molecule has 0 aliphatic rings. The lowest BCUT2D eigenvalue weighted by molar-refractivity contribution is 0.428. The van der Waals surface area contributed by atoms with Crippen LogP contribution in [-0.2, 0) is 5.88 Å². The maximum absolute atomic E-state index is 13.7. The van der Waals surface area contributed by atoms with Gasteiger partial charge in [-0.1, -0.05) is 19.9 Å². The number of imidazole rings is 1. The van der Waals surface area contributed by atoms with Crippen molar-refractivity contribution in [2.45, 2.75) is 39.1 Å². The Morgan fingerprint density at radius 3 is 2.67 bits per heavy atom. The molecule has 0 saturated carbocycles. The van der Waals surface area contributed by atoms with Crippen molar-refractivity contribution in [2.24, 2.45) is 5.92 Å². The molecule has 1 aromatic carbocycles. The zero-order chi connectivity index (χ0) is 13.3. The van der Waals surface area contributed by atoms with Crippen LogP contribution in [-0.4, -0.2) is 9.55 Å². The second kappa shape index (κ2) is 5.27. The molecule has 18 heavy (non-hydrogen) atoms. The fourth-order valence-corrected chi connectivity index (χ4v) is 2.69. The largest absolute Gasteiger partial charge is 0.324 e. The molecule has 2 rings (SSSR count). The van der Waals surface area contributed by atoms with Gasteiger partial charge >= 0.3 is 0 Å². The van der Waals surface area contributed by atoms with Crippen molar-refractivity contribution in [3.63, 3.8) is 0 Å². The van der Waals surface area contributed by atoms with Crippen LogP contribution in [0, 0.1) is 11.7 Å². The van der Waals surface area contributed by atoms with Gasteiger partial charge in [-0.3, -0.25) is 0 Å². The van der Waals surface area contributed by atoms with E-state index < -0.39 is 0 Å². The Labute approximate surface area is 112 Å². The van der Waals surface area contributed by atoms with Gasteiger partial charge in [-0.2, -0.15) is 0 Å². The number of nitrogens with zero attached hydrogens (tertiary/aromatic N) is 2. The van der Waals surface area contributed by atoms with Crippen LogP contribution in [0.25, 0.3) is 11.0 Å². The summed E-state index contributed by atoms with van der Waals surface area (Å²) in [5.41, 5.74) is 1.25. The summed E-state index contributed by atoms with van der Waals surface area (Å²) in [5.74, 6) is 1.34. The van der Waals surface area contributed by atoms with Gasteiger partial charge in [0, 0.05) is 6.04 Å². The molecule has 4 heteroatoms. The van der Waals surface area contributed by atoms with Crippen LogP contribution in [0.2, 0.25) is 0 Å². The second-order valence-corrected chi connectivity index (χ2v) is 5.39. The zero-order valence-electron chi connectivity index (χ0n) is 11.0. The Morgan fingerprint density at radius 1 is 1.33 bits per heavy atom. The van der Waals surface area contributed by atoms with E-state index in [0.29, 0.717) is 17.3 Å². The summed E-state index contributed by atoms with van der Waals surface area (Å²) in [7, 11) is 0. The highest BCUT2D eigenvalue weighted by Gasteiger charge is 2.17. The van der Waals surface area contributed by atoms with Crippen molar-refractivity contribution in [1.82, 2.24) is 9.55 Å². The van der Waals surface area contributed by atoms with E-state index in [1.54, 1.807) is 6.07 Å². The summed E-state index contributed by atoms with van der Waals surface area (Å²) in [4.78, 5) is 4.32. The Bertz CT molecular complexity index is 548. The van der Waals surface area contributed by atoms with E-state index in [-0.39, 0.29) is 11.9 Å². The minimum Gasteiger partial charge on any atom is -0.324 e. The molecule has 98 valence electrons. The highest BCUT2D eigenvalue weighted by Crippen LogP contribution is 2.27. The number of hydrogen-bond acceptors (Lipinski definition) is 1. The zero-order valence-corrected chi connectivity index (χ0v) is 11.7. The molecule has 0 saturated heterocycles. The van der Waals surface area contributed by atoms with Crippen LogP contribution in [0.1, 0.15) is 39.1 Å². The topological polar surface area (TPSA) is 17.8 Å². The number of aromatic nitrogens is 2. The van der Waals surface area contributed by atoms with E-state index in [1.165, 1.54) is 6.07 Å². The SMILES string of the molecule is CC(C)CC(C)n1c(CCl)nc2c(F)cccc21. The maximum atomic E-state index is 13.7. The number of alkyl halides is 1. The number of hydrogen-bond donors (Lipinski definition) is 0. The minimum atomic E-state index is -0.283. The molecule has 0 N–H and O–H groups in total. The van der Waals surface area contributed by atoms with Gasteiger partial charge in [-0.15, -0.1) is 11.6 Å². The maximum Gasteiger partial charge on any atom is 0.151 e. The molecule has 0 aliphatic carbocycles. The molecule has 1 unspecified atom stereocenters. The third-order valence-electron chi connectivity index (χ3n) is 3.12. The van der Waals surface area contributed by atoms with Gasteiger partial charge in [0.1, 0.15) is 11.3 Å². The standard InChI is InChI=1S/C14H18ClFN2/c1-9(2)7-10(3)18-12-6-4-5-11(16)14(12)17-13(18)8-15/h4-6,9-10H,7-8H2,1-3H3. The molecule has 0 bridgehead atoms. The van der Waals surface area contributed by atoms with Crippen molar-refractivity contribution in [1.29, 1.82) is 0 Å². The van der Waals surface area contributed by atoms with Crippen molar-refractivity contribution >= 4 is 22.6 Å². The quantitative estimate of drug-likeness (QED) is 0.746. The number of halogens is 2. The fourth-order valence-electron chi connectivity index (χ4n) is 2.50. The average Bonchev–Trinajstić information content (AvgIpc) is 2.68. The van der Waals surface area contributed by atoms with Crippen LogP contribution < -0.4 is 0 Å². The fraction of sp³-hybridized carbons (Fsp3) is 0.500. The number of benzene rings is 1. The summed E-state index contributed by atoms with van der Waals surface area (Å²) in [5, 5.41) is 0. The van der Waals surface area contributed by atoms with Crippen LogP contribution in [0.3, 0.4) is 0 Å². The summed E-state index contributed by atoms with van der Waals surface area (Å²) < 4.78 is 15.8. The number of fused-ring (bicyclic) bond motifs is 1. The van der Waals surface area contributed by atoms with E-state index in [2.05, 4.69) is 30.3 Å². The number of para-hydroxylation sites is 1. The Balaban J connectivity index is 2.57. The van der Waals surface area contributed by atoms with Gasteiger partial charge in [-0.05, 0) is 31.4 Å². The highest BCUT2D eigenvalue weighted by molar-refractivity contribution is 6.16.